The number of nitrogens with one attached hydrogen (secondary N) is 3. The maximum Gasteiger partial charge on any atom is 0.305 e. The van der Waals surface area contributed by atoms with Crippen LogP contribution in [0.5, 0.6) is 5.75 Å². The third-order valence-corrected chi connectivity index (χ3v) is 7.25. The summed E-state index contributed by atoms with van der Waals surface area (Å²) in [6.45, 7) is 2.60. The SMILES string of the molecule is O=c1[nH]c2c(O)ccc(CC(O)NCCSCCCNCCc3ccccc3Cl)c2s1. The van der Waals surface area contributed by atoms with Crippen LogP contribution >= 0.6 is 34.7 Å². The molecule has 0 saturated heterocycles. The highest BCUT2D eigenvalue weighted by Crippen LogP contribution is 2.28. The van der Waals surface area contributed by atoms with Crippen LogP contribution < -0.4 is 15.5 Å². The third kappa shape index (κ3) is 7.52. The molecule has 1 atom stereocenters. The fraction of sp³-hybridized carbons (Fsp3) is 0.409. The Kier molecular flexibility index (Phi) is 9.70. The monoisotopic (exact) mass is 481 g/mol. The molecule has 0 aliphatic carbocycles. The van der Waals surface area contributed by atoms with Crippen molar-refractivity contribution in [2.24, 2.45) is 0 Å². The minimum atomic E-state index is -0.697. The van der Waals surface area contributed by atoms with Crippen LogP contribution in [0.25, 0.3) is 10.2 Å². The van der Waals surface area contributed by atoms with E-state index in [1.807, 2.05) is 30.0 Å². The molecule has 1 unspecified atom stereocenters. The van der Waals surface area contributed by atoms with Crippen LogP contribution in [0.2, 0.25) is 5.02 Å². The number of aromatic nitrogens is 1. The van der Waals surface area contributed by atoms with E-state index in [1.165, 1.54) is 5.56 Å². The summed E-state index contributed by atoms with van der Waals surface area (Å²) in [5.41, 5.74) is 2.46. The Labute approximate surface area is 195 Å². The average Bonchev–Trinajstić information content (AvgIpc) is 3.15. The summed E-state index contributed by atoms with van der Waals surface area (Å²) in [7, 11) is 0. The van der Waals surface area contributed by atoms with Gasteiger partial charge in [0.1, 0.15) is 17.5 Å². The molecule has 3 rings (SSSR count). The molecule has 1 aromatic heterocycles. The standard InChI is InChI=1S/C22H28ClN3O3S2/c23-17-5-2-1-4-15(17)8-10-24-9-3-12-30-13-11-25-19(28)14-16-6-7-18(27)20-21(16)31-22(29)26-20/h1-2,4-7,19,24-25,27-28H,3,8-14H2,(H,26,29). The van der Waals surface area contributed by atoms with Crippen LogP contribution in [0.15, 0.2) is 41.2 Å². The van der Waals surface area contributed by atoms with Gasteiger partial charge in [-0.05, 0) is 54.9 Å². The number of rotatable bonds is 13. The second kappa shape index (κ2) is 12.5. The minimum absolute atomic E-state index is 0.0503. The number of hydrogen-bond donors (Lipinski definition) is 5. The van der Waals surface area contributed by atoms with Gasteiger partial charge in [0, 0.05) is 23.7 Å². The van der Waals surface area contributed by atoms with Crippen molar-refractivity contribution in [3.63, 3.8) is 0 Å². The number of halogens is 1. The molecule has 0 fully saturated rings. The Hall–Kier alpha value is -1.55. The topological polar surface area (TPSA) is 97.4 Å². The van der Waals surface area contributed by atoms with E-state index < -0.39 is 6.23 Å². The van der Waals surface area contributed by atoms with E-state index in [-0.39, 0.29) is 10.6 Å². The molecule has 0 amide bonds. The number of thiazole rings is 1. The second-order valence-corrected chi connectivity index (χ2v) is 9.81. The molecule has 5 N–H and O–H groups in total. The van der Waals surface area contributed by atoms with Crippen LogP contribution in [0.3, 0.4) is 0 Å². The molecular weight excluding hydrogens is 454 g/mol. The van der Waals surface area contributed by atoms with E-state index in [4.69, 9.17) is 11.6 Å². The van der Waals surface area contributed by atoms with Gasteiger partial charge in [0.2, 0.25) is 0 Å². The molecule has 0 spiro atoms. The highest BCUT2D eigenvalue weighted by atomic mass is 35.5. The minimum Gasteiger partial charge on any atom is -0.506 e. The molecule has 0 aliphatic rings. The highest BCUT2D eigenvalue weighted by molar-refractivity contribution is 7.99. The lowest BCUT2D eigenvalue weighted by atomic mass is 10.1. The molecule has 1 heterocycles. The van der Waals surface area contributed by atoms with E-state index in [0.29, 0.717) is 23.2 Å². The lowest BCUT2D eigenvalue weighted by Crippen LogP contribution is -2.32. The first-order valence-electron chi connectivity index (χ1n) is 10.3. The van der Waals surface area contributed by atoms with Crippen molar-refractivity contribution >= 4 is 44.9 Å². The molecule has 0 saturated carbocycles. The number of phenolic OH excluding ortho intramolecular Hbond substituents is 1. The number of hydrogen-bond acceptors (Lipinski definition) is 7. The van der Waals surface area contributed by atoms with Gasteiger partial charge in [-0.25, -0.2) is 0 Å². The molecule has 0 radical (unpaired) electrons. The van der Waals surface area contributed by atoms with Crippen molar-refractivity contribution in [3.05, 3.63) is 62.2 Å². The number of H-pyrrole nitrogens is 1. The fourth-order valence-corrected chi connectivity index (χ4v) is 5.19. The van der Waals surface area contributed by atoms with E-state index in [9.17, 15) is 15.0 Å². The number of fused-ring (bicyclic) bond motifs is 1. The molecule has 31 heavy (non-hydrogen) atoms. The van der Waals surface area contributed by atoms with Crippen LogP contribution in [0.4, 0.5) is 0 Å². The van der Waals surface area contributed by atoms with Gasteiger partial charge >= 0.3 is 4.87 Å². The van der Waals surface area contributed by atoms with Crippen molar-refractivity contribution in [1.82, 2.24) is 15.6 Å². The molecule has 168 valence electrons. The first-order chi connectivity index (χ1) is 15.0. The number of thioether (sulfide) groups is 1. The summed E-state index contributed by atoms with van der Waals surface area (Å²) < 4.78 is 0.697. The van der Waals surface area contributed by atoms with Gasteiger partial charge in [0.25, 0.3) is 0 Å². The van der Waals surface area contributed by atoms with Gasteiger partial charge in [0.05, 0.1) is 4.70 Å². The lowest BCUT2D eigenvalue weighted by Gasteiger charge is -2.13. The van der Waals surface area contributed by atoms with E-state index in [1.54, 1.807) is 12.1 Å². The summed E-state index contributed by atoms with van der Waals surface area (Å²) in [6, 6.07) is 11.2. The van der Waals surface area contributed by atoms with Crippen LogP contribution in [-0.4, -0.2) is 52.6 Å². The van der Waals surface area contributed by atoms with Gasteiger partial charge in [0.15, 0.2) is 0 Å². The van der Waals surface area contributed by atoms with Crippen molar-refractivity contribution in [1.29, 1.82) is 0 Å². The van der Waals surface area contributed by atoms with E-state index >= 15 is 0 Å². The number of aromatic amines is 1. The Morgan fingerprint density at radius 2 is 1.94 bits per heavy atom. The Balaban J connectivity index is 1.24. The van der Waals surface area contributed by atoms with Crippen molar-refractivity contribution in [2.75, 3.05) is 31.1 Å². The summed E-state index contributed by atoms with van der Waals surface area (Å²) in [4.78, 5) is 14.0. The molecule has 9 heteroatoms. The van der Waals surface area contributed by atoms with Gasteiger partial charge < -0.3 is 20.5 Å². The van der Waals surface area contributed by atoms with Crippen LogP contribution in [-0.2, 0) is 12.8 Å². The summed E-state index contributed by atoms with van der Waals surface area (Å²) in [5.74, 6) is 2.03. The van der Waals surface area contributed by atoms with Crippen molar-refractivity contribution in [3.8, 4) is 5.75 Å². The molecule has 3 aromatic rings. The molecule has 0 aliphatic heterocycles. The zero-order valence-electron chi connectivity index (χ0n) is 17.2. The average molecular weight is 482 g/mol. The van der Waals surface area contributed by atoms with Crippen LogP contribution in [0.1, 0.15) is 17.5 Å². The Bertz CT molecular complexity index is 1020. The third-order valence-electron chi connectivity index (χ3n) is 4.85. The van der Waals surface area contributed by atoms with Crippen molar-refractivity contribution in [2.45, 2.75) is 25.5 Å². The number of phenols is 1. The van der Waals surface area contributed by atoms with Crippen LogP contribution in [0, 0.1) is 0 Å². The first kappa shape index (κ1) is 24.1. The quantitative estimate of drug-likeness (QED) is 0.190. The first-order valence-corrected chi connectivity index (χ1v) is 12.7. The Morgan fingerprint density at radius 3 is 2.77 bits per heavy atom. The molecular formula is C22H28ClN3O3S2. The van der Waals surface area contributed by atoms with Gasteiger partial charge in [-0.1, -0.05) is 47.2 Å². The molecule has 6 nitrogen and oxygen atoms in total. The second-order valence-electron chi connectivity index (χ2n) is 7.19. The summed E-state index contributed by atoms with van der Waals surface area (Å²) in [6.07, 6.45) is 1.71. The maximum atomic E-state index is 11.6. The predicted octanol–water partition coefficient (Wildman–Crippen LogP) is 3.35. The zero-order chi connectivity index (χ0) is 22.1. The number of benzene rings is 2. The smallest absolute Gasteiger partial charge is 0.305 e. The predicted molar refractivity (Wildman–Crippen MR) is 132 cm³/mol. The molecule has 2 aromatic carbocycles. The van der Waals surface area contributed by atoms with E-state index in [2.05, 4.69) is 21.7 Å². The van der Waals surface area contributed by atoms with Gasteiger partial charge in [-0.3, -0.25) is 10.1 Å². The van der Waals surface area contributed by atoms with Crippen molar-refractivity contribution < 1.29 is 10.2 Å². The maximum absolute atomic E-state index is 11.6. The number of aromatic hydroxyl groups is 1. The normalized spacial score (nSPS) is 12.5. The molecule has 0 bridgehead atoms. The Morgan fingerprint density at radius 1 is 1.10 bits per heavy atom. The van der Waals surface area contributed by atoms with E-state index in [0.717, 1.165) is 59.4 Å². The zero-order valence-corrected chi connectivity index (χ0v) is 19.6. The number of aliphatic hydroxyl groups is 1. The number of aliphatic hydroxyl groups excluding tert-OH is 1. The highest BCUT2D eigenvalue weighted by Gasteiger charge is 2.13. The summed E-state index contributed by atoms with van der Waals surface area (Å²) >= 11 is 9.06. The fourth-order valence-electron chi connectivity index (χ4n) is 3.26. The summed E-state index contributed by atoms with van der Waals surface area (Å²) in [5, 5.41) is 27.5. The lowest BCUT2D eigenvalue weighted by molar-refractivity contribution is 0.141. The van der Waals surface area contributed by atoms with Gasteiger partial charge in [-0.2, -0.15) is 11.8 Å². The largest absolute Gasteiger partial charge is 0.506 e. The van der Waals surface area contributed by atoms with Gasteiger partial charge in [-0.15, -0.1) is 0 Å².